The molecular formula is C9H9F2N5. The molecule has 0 spiro atoms. The van der Waals surface area contributed by atoms with Crippen LogP contribution in [-0.2, 0) is 6.54 Å². The molecule has 1 aromatic heterocycles. The van der Waals surface area contributed by atoms with Gasteiger partial charge in [0.2, 0.25) is 0 Å². The summed E-state index contributed by atoms with van der Waals surface area (Å²) in [4.78, 5) is 0. The Morgan fingerprint density at radius 1 is 1.25 bits per heavy atom. The van der Waals surface area contributed by atoms with Gasteiger partial charge < -0.3 is 5.32 Å². The molecule has 0 bridgehead atoms. The van der Waals surface area contributed by atoms with Crippen LogP contribution in [0.3, 0.4) is 0 Å². The van der Waals surface area contributed by atoms with Gasteiger partial charge in [0.05, 0.1) is 12.2 Å². The van der Waals surface area contributed by atoms with Crippen molar-refractivity contribution in [2.24, 2.45) is 0 Å². The van der Waals surface area contributed by atoms with Crippen LogP contribution < -0.4 is 5.32 Å². The van der Waals surface area contributed by atoms with Crippen LogP contribution in [0.4, 0.5) is 8.78 Å². The van der Waals surface area contributed by atoms with E-state index in [4.69, 9.17) is 0 Å². The van der Waals surface area contributed by atoms with Gasteiger partial charge in [0, 0.05) is 6.07 Å². The standard InChI is InChI=1S/C9H9F2N5/c1-12-5-9-13-14-15-16(9)8-3-6(10)2-7(11)4-8/h2-4,12H,5H2,1H3. The van der Waals surface area contributed by atoms with Crippen molar-refractivity contribution in [2.45, 2.75) is 6.54 Å². The zero-order valence-corrected chi connectivity index (χ0v) is 8.48. The Morgan fingerprint density at radius 3 is 2.56 bits per heavy atom. The Bertz CT molecular complexity index is 476. The number of hydrogen-bond donors (Lipinski definition) is 1. The lowest BCUT2D eigenvalue weighted by Crippen LogP contribution is -2.12. The van der Waals surface area contributed by atoms with Crippen LogP contribution in [0.1, 0.15) is 5.82 Å². The maximum atomic E-state index is 13.0. The van der Waals surface area contributed by atoms with E-state index >= 15 is 0 Å². The minimum atomic E-state index is -0.666. The second-order valence-electron chi connectivity index (χ2n) is 3.16. The lowest BCUT2D eigenvalue weighted by atomic mass is 10.3. The quantitative estimate of drug-likeness (QED) is 0.833. The van der Waals surface area contributed by atoms with Gasteiger partial charge in [0.25, 0.3) is 0 Å². The number of benzene rings is 1. The van der Waals surface area contributed by atoms with Gasteiger partial charge in [-0.15, -0.1) is 5.10 Å². The molecule has 16 heavy (non-hydrogen) atoms. The number of nitrogens with zero attached hydrogens (tertiary/aromatic N) is 4. The molecule has 84 valence electrons. The van der Waals surface area contributed by atoms with E-state index in [9.17, 15) is 8.78 Å². The predicted molar refractivity (Wildman–Crippen MR) is 51.8 cm³/mol. The highest BCUT2D eigenvalue weighted by molar-refractivity contribution is 5.32. The van der Waals surface area contributed by atoms with E-state index in [1.165, 1.54) is 16.8 Å². The van der Waals surface area contributed by atoms with Gasteiger partial charge in [-0.1, -0.05) is 0 Å². The van der Waals surface area contributed by atoms with Gasteiger partial charge in [-0.2, -0.15) is 4.68 Å². The Hall–Kier alpha value is -1.89. The summed E-state index contributed by atoms with van der Waals surface area (Å²) in [5.74, 6) is -0.852. The molecule has 1 heterocycles. The van der Waals surface area contributed by atoms with Crippen molar-refractivity contribution in [1.82, 2.24) is 25.5 Å². The molecule has 1 aromatic carbocycles. The van der Waals surface area contributed by atoms with Crippen LogP contribution in [0, 0.1) is 11.6 Å². The van der Waals surface area contributed by atoms with Crippen LogP contribution >= 0.6 is 0 Å². The first-order chi connectivity index (χ1) is 7.70. The fourth-order valence-corrected chi connectivity index (χ4v) is 1.34. The molecule has 0 aliphatic rings. The Morgan fingerprint density at radius 2 is 1.94 bits per heavy atom. The minimum absolute atomic E-state index is 0.257. The summed E-state index contributed by atoms with van der Waals surface area (Å²) in [5.41, 5.74) is 0.257. The molecule has 0 atom stereocenters. The second kappa shape index (κ2) is 4.31. The molecule has 2 rings (SSSR count). The van der Waals surface area contributed by atoms with E-state index in [0.29, 0.717) is 12.4 Å². The lowest BCUT2D eigenvalue weighted by Gasteiger charge is -2.04. The molecule has 0 amide bonds. The number of hydrogen-bond acceptors (Lipinski definition) is 4. The molecular weight excluding hydrogens is 216 g/mol. The molecule has 0 saturated heterocycles. The van der Waals surface area contributed by atoms with Gasteiger partial charge in [-0.3, -0.25) is 0 Å². The first kappa shape index (κ1) is 10.6. The van der Waals surface area contributed by atoms with E-state index in [-0.39, 0.29) is 5.69 Å². The Labute approximate surface area is 90.1 Å². The van der Waals surface area contributed by atoms with Crippen molar-refractivity contribution in [1.29, 1.82) is 0 Å². The van der Waals surface area contributed by atoms with E-state index in [1.807, 2.05) is 0 Å². The number of halogens is 2. The van der Waals surface area contributed by atoms with Crippen LogP contribution in [0.25, 0.3) is 5.69 Å². The van der Waals surface area contributed by atoms with Crippen molar-refractivity contribution in [2.75, 3.05) is 7.05 Å². The Kier molecular flexibility index (Phi) is 2.86. The maximum absolute atomic E-state index is 13.0. The highest BCUT2D eigenvalue weighted by Crippen LogP contribution is 2.12. The molecule has 0 fully saturated rings. The third kappa shape index (κ3) is 2.03. The van der Waals surface area contributed by atoms with Gasteiger partial charge in [0.1, 0.15) is 11.6 Å². The first-order valence-corrected chi connectivity index (χ1v) is 4.59. The summed E-state index contributed by atoms with van der Waals surface area (Å²) >= 11 is 0. The number of tetrazole rings is 1. The van der Waals surface area contributed by atoms with Crippen LogP contribution in [0.2, 0.25) is 0 Å². The van der Waals surface area contributed by atoms with Gasteiger partial charge in [0.15, 0.2) is 5.82 Å². The van der Waals surface area contributed by atoms with E-state index < -0.39 is 11.6 Å². The van der Waals surface area contributed by atoms with E-state index in [2.05, 4.69) is 20.8 Å². The Balaban J connectivity index is 2.45. The average Bonchev–Trinajstić information content (AvgIpc) is 2.65. The van der Waals surface area contributed by atoms with Crippen molar-refractivity contribution in [3.8, 4) is 5.69 Å². The number of nitrogens with one attached hydrogen (secondary N) is 1. The molecule has 0 saturated carbocycles. The SMILES string of the molecule is CNCc1nnnn1-c1cc(F)cc(F)c1. The number of aromatic nitrogens is 4. The van der Waals surface area contributed by atoms with Crippen molar-refractivity contribution in [3.63, 3.8) is 0 Å². The van der Waals surface area contributed by atoms with Gasteiger partial charge in [-0.25, -0.2) is 8.78 Å². The van der Waals surface area contributed by atoms with Crippen molar-refractivity contribution >= 4 is 0 Å². The maximum Gasteiger partial charge on any atom is 0.170 e. The zero-order chi connectivity index (χ0) is 11.5. The first-order valence-electron chi connectivity index (χ1n) is 4.59. The van der Waals surface area contributed by atoms with Gasteiger partial charge in [-0.05, 0) is 29.6 Å². The van der Waals surface area contributed by atoms with E-state index in [0.717, 1.165) is 6.07 Å². The molecule has 5 nitrogen and oxygen atoms in total. The summed E-state index contributed by atoms with van der Waals surface area (Å²) in [6, 6.07) is 3.13. The third-order valence-electron chi connectivity index (χ3n) is 1.96. The predicted octanol–water partition coefficient (Wildman–Crippen LogP) is 0.660. The summed E-state index contributed by atoms with van der Waals surface area (Å²) < 4.78 is 27.3. The van der Waals surface area contributed by atoms with Crippen LogP contribution in [0.15, 0.2) is 18.2 Å². The molecule has 0 aliphatic heterocycles. The highest BCUT2D eigenvalue weighted by Gasteiger charge is 2.09. The smallest absolute Gasteiger partial charge is 0.170 e. The van der Waals surface area contributed by atoms with Gasteiger partial charge >= 0.3 is 0 Å². The number of rotatable bonds is 3. The topological polar surface area (TPSA) is 55.6 Å². The lowest BCUT2D eigenvalue weighted by molar-refractivity contribution is 0.578. The second-order valence-corrected chi connectivity index (χ2v) is 3.16. The fourth-order valence-electron chi connectivity index (χ4n) is 1.34. The summed E-state index contributed by atoms with van der Waals surface area (Å²) in [6.45, 7) is 0.408. The molecule has 0 radical (unpaired) electrons. The summed E-state index contributed by atoms with van der Waals surface area (Å²) in [6.07, 6.45) is 0. The molecule has 0 unspecified atom stereocenters. The monoisotopic (exact) mass is 225 g/mol. The van der Waals surface area contributed by atoms with Crippen LogP contribution in [-0.4, -0.2) is 27.3 Å². The largest absolute Gasteiger partial charge is 0.313 e. The minimum Gasteiger partial charge on any atom is -0.313 e. The summed E-state index contributed by atoms with van der Waals surface area (Å²) in [7, 11) is 1.73. The normalized spacial score (nSPS) is 10.7. The molecule has 2 aromatic rings. The average molecular weight is 225 g/mol. The highest BCUT2D eigenvalue weighted by atomic mass is 19.1. The third-order valence-corrected chi connectivity index (χ3v) is 1.96. The van der Waals surface area contributed by atoms with E-state index in [1.54, 1.807) is 7.05 Å². The molecule has 1 N–H and O–H groups in total. The zero-order valence-electron chi connectivity index (χ0n) is 8.48. The fraction of sp³-hybridized carbons (Fsp3) is 0.222. The summed E-state index contributed by atoms with van der Waals surface area (Å²) in [5, 5.41) is 13.7. The van der Waals surface area contributed by atoms with Crippen molar-refractivity contribution in [3.05, 3.63) is 35.7 Å². The van der Waals surface area contributed by atoms with Crippen LogP contribution in [0.5, 0.6) is 0 Å². The molecule has 0 aliphatic carbocycles. The van der Waals surface area contributed by atoms with Crippen molar-refractivity contribution < 1.29 is 8.78 Å². The molecule has 7 heteroatoms.